The predicted octanol–water partition coefficient (Wildman–Crippen LogP) is 4.73. The van der Waals surface area contributed by atoms with Gasteiger partial charge in [0.15, 0.2) is 0 Å². The highest BCUT2D eigenvalue weighted by atomic mass is 35.5. The molecule has 0 bridgehead atoms. The number of rotatable bonds is 1. The molecule has 1 aromatic carbocycles. The first-order chi connectivity index (χ1) is 8.38. The minimum atomic E-state index is -4.41. The maximum absolute atomic E-state index is 12.9. The summed E-state index contributed by atoms with van der Waals surface area (Å²) in [5, 5.41) is 0.370. The first-order valence-corrected chi connectivity index (χ1v) is 5.56. The molecule has 18 heavy (non-hydrogen) atoms. The molecular weight excluding hydrogens is 263 g/mol. The molecule has 5 heteroatoms. The molecule has 0 saturated carbocycles. The van der Waals surface area contributed by atoms with Crippen molar-refractivity contribution in [1.82, 2.24) is 4.98 Å². The average molecular weight is 272 g/mol. The lowest BCUT2D eigenvalue weighted by atomic mass is 10.0. The Morgan fingerprint density at radius 2 is 1.78 bits per heavy atom. The SMILES string of the molecule is Cc1cc(Cl)cc(-c2ccccc2C(F)(F)F)n1. The molecule has 2 aromatic rings. The fourth-order valence-electron chi connectivity index (χ4n) is 1.72. The first kappa shape index (κ1) is 12.9. The molecule has 0 atom stereocenters. The van der Waals surface area contributed by atoms with Gasteiger partial charge in [0.2, 0.25) is 0 Å². The quantitative estimate of drug-likeness (QED) is 0.731. The highest BCUT2D eigenvalue weighted by molar-refractivity contribution is 6.30. The molecule has 1 heterocycles. The normalized spacial score (nSPS) is 11.6. The van der Waals surface area contributed by atoms with Crippen LogP contribution in [0.25, 0.3) is 11.3 Å². The lowest BCUT2D eigenvalue weighted by Crippen LogP contribution is -2.07. The third kappa shape index (κ3) is 2.64. The molecule has 0 N–H and O–H groups in total. The van der Waals surface area contributed by atoms with Crippen molar-refractivity contribution in [3.63, 3.8) is 0 Å². The summed E-state index contributed by atoms with van der Waals surface area (Å²) in [6.07, 6.45) is -4.41. The molecule has 0 aliphatic carbocycles. The molecule has 0 aliphatic rings. The number of nitrogens with zero attached hydrogens (tertiary/aromatic N) is 1. The van der Waals surface area contributed by atoms with E-state index in [0.29, 0.717) is 10.7 Å². The van der Waals surface area contributed by atoms with Crippen LogP contribution in [-0.4, -0.2) is 4.98 Å². The Kier molecular flexibility index (Phi) is 3.30. The van der Waals surface area contributed by atoms with E-state index in [-0.39, 0.29) is 11.3 Å². The van der Waals surface area contributed by atoms with Crippen LogP contribution in [0.3, 0.4) is 0 Å². The van der Waals surface area contributed by atoms with Gasteiger partial charge in [-0.3, -0.25) is 4.98 Å². The fourth-order valence-corrected chi connectivity index (χ4v) is 1.98. The summed E-state index contributed by atoms with van der Waals surface area (Å²) in [7, 11) is 0. The molecule has 0 unspecified atom stereocenters. The number of alkyl halides is 3. The van der Waals surface area contributed by atoms with Gasteiger partial charge < -0.3 is 0 Å². The van der Waals surface area contributed by atoms with Crippen molar-refractivity contribution in [2.24, 2.45) is 0 Å². The number of aryl methyl sites for hydroxylation is 1. The summed E-state index contributed by atoms with van der Waals surface area (Å²) >= 11 is 5.85. The number of hydrogen-bond donors (Lipinski definition) is 0. The summed E-state index contributed by atoms with van der Waals surface area (Å²) in [6, 6.07) is 8.35. The Labute approximate surface area is 107 Å². The van der Waals surface area contributed by atoms with Gasteiger partial charge in [-0.15, -0.1) is 0 Å². The van der Waals surface area contributed by atoms with E-state index in [2.05, 4.69) is 4.98 Å². The number of hydrogen-bond acceptors (Lipinski definition) is 1. The third-order valence-corrected chi connectivity index (χ3v) is 2.64. The van der Waals surface area contributed by atoms with E-state index in [1.54, 1.807) is 19.1 Å². The van der Waals surface area contributed by atoms with Gasteiger partial charge in [-0.1, -0.05) is 29.8 Å². The Morgan fingerprint density at radius 1 is 1.11 bits per heavy atom. The second kappa shape index (κ2) is 4.61. The van der Waals surface area contributed by atoms with Gasteiger partial charge >= 0.3 is 6.18 Å². The van der Waals surface area contributed by atoms with Gasteiger partial charge in [-0.05, 0) is 25.1 Å². The Balaban J connectivity index is 2.64. The molecule has 0 fully saturated rings. The average Bonchev–Trinajstić information content (AvgIpc) is 2.26. The summed E-state index contributed by atoms with van der Waals surface area (Å²) in [6.45, 7) is 1.69. The van der Waals surface area contributed by atoms with Crippen molar-refractivity contribution in [2.75, 3.05) is 0 Å². The van der Waals surface area contributed by atoms with E-state index in [1.165, 1.54) is 18.2 Å². The van der Waals surface area contributed by atoms with Gasteiger partial charge in [0, 0.05) is 16.3 Å². The van der Waals surface area contributed by atoms with E-state index >= 15 is 0 Å². The summed E-state index contributed by atoms with van der Waals surface area (Å²) in [4.78, 5) is 4.09. The number of benzene rings is 1. The van der Waals surface area contributed by atoms with Gasteiger partial charge in [0.05, 0.1) is 11.3 Å². The van der Waals surface area contributed by atoms with Crippen LogP contribution in [0.4, 0.5) is 13.2 Å². The molecule has 2 rings (SSSR count). The monoisotopic (exact) mass is 271 g/mol. The zero-order chi connectivity index (χ0) is 13.3. The Bertz CT molecular complexity index is 558. The second-order valence-corrected chi connectivity index (χ2v) is 4.29. The highest BCUT2D eigenvalue weighted by Gasteiger charge is 2.33. The number of halogens is 4. The molecule has 0 saturated heterocycles. The zero-order valence-electron chi connectivity index (χ0n) is 9.42. The first-order valence-electron chi connectivity index (χ1n) is 5.19. The molecule has 94 valence electrons. The van der Waals surface area contributed by atoms with Crippen LogP contribution in [0.2, 0.25) is 5.02 Å². The van der Waals surface area contributed by atoms with E-state index < -0.39 is 11.7 Å². The molecule has 0 radical (unpaired) electrons. The molecule has 0 amide bonds. The van der Waals surface area contributed by atoms with E-state index in [0.717, 1.165) is 6.07 Å². The Hall–Kier alpha value is -1.55. The van der Waals surface area contributed by atoms with Crippen LogP contribution in [-0.2, 0) is 6.18 Å². The van der Waals surface area contributed by atoms with Crippen LogP contribution >= 0.6 is 11.6 Å². The predicted molar refractivity (Wildman–Crippen MR) is 64.4 cm³/mol. The number of pyridine rings is 1. The molecule has 0 aliphatic heterocycles. The van der Waals surface area contributed by atoms with Crippen molar-refractivity contribution < 1.29 is 13.2 Å². The summed E-state index contributed by atoms with van der Waals surface area (Å²) in [5.41, 5.74) is 0.136. The van der Waals surface area contributed by atoms with E-state index in [9.17, 15) is 13.2 Å². The fraction of sp³-hybridized carbons (Fsp3) is 0.154. The second-order valence-electron chi connectivity index (χ2n) is 3.86. The molecule has 0 spiro atoms. The van der Waals surface area contributed by atoms with Gasteiger partial charge in [-0.2, -0.15) is 13.2 Å². The van der Waals surface area contributed by atoms with Crippen molar-refractivity contribution in [3.05, 3.63) is 52.7 Å². The van der Waals surface area contributed by atoms with Crippen LogP contribution < -0.4 is 0 Å². The standard InChI is InChI=1S/C13H9ClF3N/c1-8-6-9(14)7-12(18-8)10-4-2-3-5-11(10)13(15,16)17/h2-7H,1H3. The smallest absolute Gasteiger partial charge is 0.253 e. The maximum atomic E-state index is 12.9. The van der Waals surface area contributed by atoms with Crippen LogP contribution in [0.1, 0.15) is 11.3 Å². The van der Waals surface area contributed by atoms with Crippen molar-refractivity contribution >= 4 is 11.6 Å². The van der Waals surface area contributed by atoms with Gasteiger partial charge in [-0.25, -0.2) is 0 Å². The Morgan fingerprint density at radius 3 is 2.39 bits per heavy atom. The van der Waals surface area contributed by atoms with Crippen LogP contribution in [0.15, 0.2) is 36.4 Å². The van der Waals surface area contributed by atoms with E-state index in [4.69, 9.17) is 11.6 Å². The minimum absolute atomic E-state index is 0.0376. The van der Waals surface area contributed by atoms with E-state index in [1.807, 2.05) is 0 Å². The third-order valence-electron chi connectivity index (χ3n) is 2.43. The molecular formula is C13H9ClF3N. The van der Waals surface area contributed by atoms with Crippen molar-refractivity contribution in [2.45, 2.75) is 13.1 Å². The zero-order valence-corrected chi connectivity index (χ0v) is 10.2. The van der Waals surface area contributed by atoms with Crippen molar-refractivity contribution in [1.29, 1.82) is 0 Å². The molecule has 1 nitrogen and oxygen atoms in total. The number of aromatic nitrogens is 1. The highest BCUT2D eigenvalue weighted by Crippen LogP contribution is 2.36. The van der Waals surface area contributed by atoms with Gasteiger partial charge in [0.25, 0.3) is 0 Å². The van der Waals surface area contributed by atoms with Crippen LogP contribution in [0, 0.1) is 6.92 Å². The lowest BCUT2D eigenvalue weighted by Gasteiger charge is -2.12. The molecule has 1 aromatic heterocycles. The summed E-state index contributed by atoms with van der Waals surface area (Å²) < 4.78 is 38.6. The summed E-state index contributed by atoms with van der Waals surface area (Å²) in [5.74, 6) is 0. The largest absolute Gasteiger partial charge is 0.417 e. The lowest BCUT2D eigenvalue weighted by molar-refractivity contribution is -0.137. The maximum Gasteiger partial charge on any atom is 0.417 e. The van der Waals surface area contributed by atoms with Gasteiger partial charge in [0.1, 0.15) is 0 Å². The van der Waals surface area contributed by atoms with Crippen LogP contribution in [0.5, 0.6) is 0 Å². The van der Waals surface area contributed by atoms with Crippen molar-refractivity contribution in [3.8, 4) is 11.3 Å². The minimum Gasteiger partial charge on any atom is -0.253 e. The topological polar surface area (TPSA) is 12.9 Å².